The largest absolute Gasteiger partial charge is 0.496 e. The Bertz CT molecular complexity index is 1060. The Morgan fingerprint density at radius 3 is 2.42 bits per heavy atom. The van der Waals surface area contributed by atoms with Crippen molar-refractivity contribution >= 4 is 12.0 Å². The molecular weight excluding hydrogens is 478 g/mol. The van der Waals surface area contributed by atoms with Gasteiger partial charge in [-0.25, -0.2) is 4.79 Å². The number of carbonyl (C=O) groups excluding carboxylic acids is 1. The molecule has 1 heterocycles. The lowest BCUT2D eigenvalue weighted by Gasteiger charge is -2.25. The van der Waals surface area contributed by atoms with E-state index in [2.05, 4.69) is 11.1 Å². The van der Waals surface area contributed by atoms with Crippen molar-refractivity contribution < 1.29 is 23.7 Å². The Labute approximate surface area is 228 Å². The lowest BCUT2D eigenvalue weighted by Crippen LogP contribution is -2.16. The summed E-state index contributed by atoms with van der Waals surface area (Å²) in [6, 6.07) is 4.07. The van der Waals surface area contributed by atoms with Crippen molar-refractivity contribution in [1.29, 1.82) is 0 Å². The monoisotopic (exact) mass is 523 g/mol. The zero-order valence-electron chi connectivity index (χ0n) is 23.9. The Kier molecular flexibility index (Phi) is 12.0. The molecule has 6 heteroatoms. The van der Waals surface area contributed by atoms with Gasteiger partial charge in [0, 0.05) is 34.7 Å². The number of aromatic nitrogens is 1. The minimum atomic E-state index is -0.287. The fourth-order valence-corrected chi connectivity index (χ4v) is 5.38. The van der Waals surface area contributed by atoms with Crippen molar-refractivity contribution in [2.75, 3.05) is 27.4 Å². The first kappa shape index (κ1) is 29.5. The van der Waals surface area contributed by atoms with Crippen LogP contribution in [0.15, 0.2) is 30.1 Å². The molecule has 0 amide bonds. The number of esters is 1. The van der Waals surface area contributed by atoms with Crippen LogP contribution in [0.4, 0.5) is 0 Å². The van der Waals surface area contributed by atoms with E-state index in [1.807, 2.05) is 39.1 Å². The van der Waals surface area contributed by atoms with Crippen LogP contribution in [-0.2, 0) is 16.0 Å². The van der Waals surface area contributed by atoms with Gasteiger partial charge in [-0.3, -0.25) is 4.98 Å². The van der Waals surface area contributed by atoms with Crippen LogP contribution in [-0.4, -0.2) is 38.4 Å². The molecule has 0 radical (unpaired) electrons. The smallest absolute Gasteiger partial charge is 0.334 e. The zero-order valence-corrected chi connectivity index (χ0v) is 23.9. The molecule has 0 saturated heterocycles. The van der Waals surface area contributed by atoms with Gasteiger partial charge in [-0.2, -0.15) is 0 Å². The van der Waals surface area contributed by atoms with Crippen LogP contribution < -0.4 is 14.2 Å². The molecule has 0 unspecified atom stereocenters. The minimum absolute atomic E-state index is 0.287. The van der Waals surface area contributed by atoms with Crippen molar-refractivity contribution in [3.63, 3.8) is 0 Å². The SMILES string of the molecule is CCOC(=O)/C(=C/c1c(C)c(OC)c(C)c(OCC2CCCCC2)c1OC)CCCCCc1cccnc1. The number of pyridine rings is 1. The number of hydrogen-bond donors (Lipinski definition) is 0. The van der Waals surface area contributed by atoms with E-state index in [0.717, 1.165) is 48.1 Å². The molecule has 0 bridgehead atoms. The maximum absolute atomic E-state index is 13.0. The summed E-state index contributed by atoms with van der Waals surface area (Å²) in [5.74, 6) is 2.38. The normalized spacial score (nSPS) is 14.3. The molecule has 6 nitrogen and oxygen atoms in total. The van der Waals surface area contributed by atoms with E-state index < -0.39 is 0 Å². The average Bonchev–Trinajstić information content (AvgIpc) is 2.94. The maximum Gasteiger partial charge on any atom is 0.334 e. The molecule has 1 aromatic carbocycles. The third-order valence-corrected chi connectivity index (χ3v) is 7.46. The second-order valence-corrected chi connectivity index (χ2v) is 10.2. The highest BCUT2D eigenvalue weighted by molar-refractivity contribution is 5.95. The lowest BCUT2D eigenvalue weighted by atomic mass is 9.90. The third kappa shape index (κ3) is 7.99. The predicted molar refractivity (Wildman–Crippen MR) is 152 cm³/mol. The molecule has 0 spiro atoms. The topological polar surface area (TPSA) is 66.9 Å². The van der Waals surface area contributed by atoms with E-state index >= 15 is 0 Å². The van der Waals surface area contributed by atoms with Crippen LogP contribution in [0.5, 0.6) is 17.2 Å². The van der Waals surface area contributed by atoms with Crippen molar-refractivity contribution in [2.45, 2.75) is 85.0 Å². The number of methoxy groups -OCH3 is 2. The standard InChI is InChI=1S/C32H45NO5/c1-6-37-32(34)27(18-12-8-9-14-25-17-13-19-33-21-25)20-28-23(2)29(35-4)24(3)30(31(28)36-5)38-22-26-15-10-7-11-16-26/h13,17,19-21,26H,6-12,14-16,18,22H2,1-5H3/b27-20+. The summed E-state index contributed by atoms with van der Waals surface area (Å²) >= 11 is 0. The molecule has 0 atom stereocenters. The molecule has 1 aliphatic rings. The highest BCUT2D eigenvalue weighted by Gasteiger charge is 2.24. The van der Waals surface area contributed by atoms with Gasteiger partial charge in [-0.15, -0.1) is 0 Å². The predicted octanol–water partition coefficient (Wildman–Crippen LogP) is 7.42. The first-order chi connectivity index (χ1) is 18.5. The van der Waals surface area contributed by atoms with Crippen LogP contribution in [0.1, 0.15) is 87.0 Å². The van der Waals surface area contributed by atoms with Crippen molar-refractivity contribution in [3.8, 4) is 17.2 Å². The highest BCUT2D eigenvalue weighted by Crippen LogP contribution is 2.45. The number of aryl methyl sites for hydroxylation is 1. The molecule has 3 rings (SSSR count). The Balaban J connectivity index is 1.84. The third-order valence-electron chi connectivity index (χ3n) is 7.46. The number of benzene rings is 1. The number of rotatable bonds is 14. The van der Waals surface area contributed by atoms with E-state index in [0.29, 0.717) is 42.6 Å². The fourth-order valence-electron chi connectivity index (χ4n) is 5.38. The summed E-state index contributed by atoms with van der Waals surface area (Å²) in [5.41, 5.74) is 4.53. The fraction of sp³-hybridized carbons (Fsp3) is 0.562. The molecular formula is C32H45NO5. The van der Waals surface area contributed by atoms with Crippen LogP contribution in [0.25, 0.3) is 6.08 Å². The van der Waals surface area contributed by atoms with Gasteiger partial charge in [0.05, 0.1) is 27.4 Å². The molecule has 1 aliphatic carbocycles. The van der Waals surface area contributed by atoms with Crippen LogP contribution in [0.2, 0.25) is 0 Å². The minimum Gasteiger partial charge on any atom is -0.496 e. The van der Waals surface area contributed by atoms with Gasteiger partial charge in [0.2, 0.25) is 0 Å². The zero-order chi connectivity index (χ0) is 27.3. The maximum atomic E-state index is 13.0. The van der Waals surface area contributed by atoms with Crippen molar-refractivity contribution in [2.24, 2.45) is 5.92 Å². The van der Waals surface area contributed by atoms with E-state index in [1.54, 1.807) is 20.4 Å². The van der Waals surface area contributed by atoms with Crippen LogP contribution in [0, 0.1) is 19.8 Å². The Hall–Kier alpha value is -3.02. The quantitative estimate of drug-likeness (QED) is 0.146. The first-order valence-corrected chi connectivity index (χ1v) is 14.1. The van der Waals surface area contributed by atoms with Gasteiger partial charge in [0.25, 0.3) is 0 Å². The summed E-state index contributed by atoms with van der Waals surface area (Å²) in [6.45, 7) is 6.84. The molecule has 1 saturated carbocycles. The number of unbranched alkanes of at least 4 members (excludes halogenated alkanes) is 2. The van der Waals surface area contributed by atoms with Crippen molar-refractivity contribution in [3.05, 3.63) is 52.4 Å². The van der Waals surface area contributed by atoms with Crippen LogP contribution >= 0.6 is 0 Å². The average molecular weight is 524 g/mol. The van der Waals surface area contributed by atoms with Gasteiger partial charge in [-0.1, -0.05) is 31.7 Å². The van der Waals surface area contributed by atoms with Crippen molar-refractivity contribution in [1.82, 2.24) is 4.98 Å². The van der Waals surface area contributed by atoms with Gasteiger partial charge in [-0.05, 0) is 82.9 Å². The van der Waals surface area contributed by atoms with E-state index in [-0.39, 0.29) is 5.97 Å². The number of carbonyl (C=O) groups is 1. The second-order valence-electron chi connectivity index (χ2n) is 10.2. The number of nitrogens with zero attached hydrogens (tertiary/aromatic N) is 1. The number of hydrogen-bond acceptors (Lipinski definition) is 6. The van der Waals surface area contributed by atoms with Gasteiger partial charge < -0.3 is 18.9 Å². The van der Waals surface area contributed by atoms with Gasteiger partial charge in [0.15, 0.2) is 11.5 Å². The first-order valence-electron chi connectivity index (χ1n) is 14.1. The van der Waals surface area contributed by atoms with Gasteiger partial charge >= 0.3 is 5.97 Å². The summed E-state index contributed by atoms with van der Waals surface area (Å²) < 4.78 is 23.6. The molecule has 2 aromatic rings. The Morgan fingerprint density at radius 2 is 1.76 bits per heavy atom. The molecule has 0 aliphatic heterocycles. The lowest BCUT2D eigenvalue weighted by molar-refractivity contribution is -0.138. The van der Waals surface area contributed by atoms with E-state index in [9.17, 15) is 4.79 Å². The molecule has 1 fully saturated rings. The summed E-state index contributed by atoms with van der Waals surface area (Å²) in [5, 5.41) is 0. The molecule has 38 heavy (non-hydrogen) atoms. The Morgan fingerprint density at radius 1 is 1.00 bits per heavy atom. The number of ether oxygens (including phenoxy) is 4. The highest BCUT2D eigenvalue weighted by atomic mass is 16.5. The summed E-state index contributed by atoms with van der Waals surface area (Å²) in [4.78, 5) is 17.2. The summed E-state index contributed by atoms with van der Waals surface area (Å²) in [7, 11) is 3.34. The van der Waals surface area contributed by atoms with E-state index in [1.165, 1.54) is 37.7 Å². The van der Waals surface area contributed by atoms with Gasteiger partial charge in [0.1, 0.15) is 5.75 Å². The molecule has 1 aromatic heterocycles. The van der Waals surface area contributed by atoms with Crippen LogP contribution in [0.3, 0.4) is 0 Å². The molecule has 208 valence electrons. The molecule has 0 N–H and O–H groups in total. The van der Waals surface area contributed by atoms with E-state index in [4.69, 9.17) is 18.9 Å². The summed E-state index contributed by atoms with van der Waals surface area (Å²) in [6.07, 6.45) is 16.4. The second kappa shape index (κ2) is 15.4.